The van der Waals surface area contributed by atoms with Crippen molar-refractivity contribution in [3.63, 3.8) is 0 Å². The van der Waals surface area contributed by atoms with E-state index in [0.717, 1.165) is 15.6 Å². The molecule has 1 aliphatic rings. The van der Waals surface area contributed by atoms with Crippen molar-refractivity contribution < 1.29 is 18.7 Å². The van der Waals surface area contributed by atoms with Crippen LogP contribution in [0.5, 0.6) is 11.5 Å². The Morgan fingerprint density at radius 2 is 1.80 bits per heavy atom. The minimum absolute atomic E-state index is 0.0714. The van der Waals surface area contributed by atoms with Crippen LogP contribution in [0.2, 0.25) is 5.02 Å². The highest BCUT2D eigenvalue weighted by Gasteiger charge is 2.42. The van der Waals surface area contributed by atoms with Crippen molar-refractivity contribution in [2.24, 2.45) is 0 Å². The highest BCUT2D eigenvalue weighted by Crippen LogP contribution is 2.39. The van der Waals surface area contributed by atoms with Crippen molar-refractivity contribution in [2.75, 3.05) is 20.8 Å². The van der Waals surface area contributed by atoms with Crippen LogP contribution in [0, 0.1) is 0 Å². The molecule has 1 aromatic heterocycles. The smallest absolute Gasteiger partial charge is 0.290 e. The molecule has 1 aliphatic heterocycles. The van der Waals surface area contributed by atoms with E-state index in [1.165, 1.54) is 0 Å². The Hall–Kier alpha value is -3.29. The first kappa shape index (κ1) is 23.5. The van der Waals surface area contributed by atoms with Crippen LogP contribution in [-0.2, 0) is 6.42 Å². The molecule has 0 aliphatic carbocycles. The van der Waals surface area contributed by atoms with Crippen LogP contribution < -0.4 is 14.9 Å². The SMILES string of the molecule is COc1ccc(CCN2C(=O)c3oc4ccc(Br)cc4c(=O)c3[C@H]2c2cccc(Cl)c2)cc1OC. The third kappa shape index (κ3) is 4.19. The topological polar surface area (TPSA) is 69.0 Å². The van der Waals surface area contributed by atoms with Gasteiger partial charge in [0, 0.05) is 16.0 Å². The number of fused-ring (bicyclic) bond motifs is 2. The number of halogens is 2. The maximum absolute atomic E-state index is 13.6. The molecular formula is C27H21BrClNO5. The summed E-state index contributed by atoms with van der Waals surface area (Å²) in [5.41, 5.74) is 2.18. The number of carbonyl (C=O) groups excluding carboxylic acids is 1. The summed E-state index contributed by atoms with van der Waals surface area (Å²) < 4.78 is 17.5. The molecular weight excluding hydrogens is 534 g/mol. The van der Waals surface area contributed by atoms with Gasteiger partial charge in [-0.15, -0.1) is 0 Å². The van der Waals surface area contributed by atoms with Crippen molar-refractivity contribution in [3.8, 4) is 11.5 Å². The summed E-state index contributed by atoms with van der Waals surface area (Å²) in [4.78, 5) is 28.9. The van der Waals surface area contributed by atoms with Crippen molar-refractivity contribution in [2.45, 2.75) is 12.5 Å². The normalized spacial score (nSPS) is 14.9. The van der Waals surface area contributed by atoms with Crippen molar-refractivity contribution in [3.05, 3.63) is 103 Å². The molecule has 8 heteroatoms. The maximum Gasteiger partial charge on any atom is 0.290 e. The Bertz CT molecular complexity index is 1520. The molecule has 1 amide bonds. The van der Waals surface area contributed by atoms with Gasteiger partial charge in [-0.3, -0.25) is 9.59 Å². The second-order valence-electron chi connectivity index (χ2n) is 8.21. The van der Waals surface area contributed by atoms with Gasteiger partial charge in [-0.05, 0) is 60.0 Å². The molecule has 6 nitrogen and oxygen atoms in total. The molecule has 35 heavy (non-hydrogen) atoms. The van der Waals surface area contributed by atoms with E-state index >= 15 is 0 Å². The molecule has 1 atom stereocenters. The molecule has 0 fully saturated rings. The van der Waals surface area contributed by atoms with E-state index in [1.54, 1.807) is 49.5 Å². The van der Waals surface area contributed by atoms with Crippen molar-refractivity contribution in [1.29, 1.82) is 0 Å². The number of benzene rings is 3. The van der Waals surface area contributed by atoms with Crippen molar-refractivity contribution in [1.82, 2.24) is 4.90 Å². The molecule has 0 spiro atoms. The van der Waals surface area contributed by atoms with Crippen LogP contribution in [0.25, 0.3) is 11.0 Å². The number of ether oxygens (including phenoxy) is 2. The lowest BCUT2D eigenvalue weighted by Crippen LogP contribution is -2.31. The zero-order valence-corrected chi connectivity index (χ0v) is 21.4. The first-order valence-corrected chi connectivity index (χ1v) is 12.1. The largest absolute Gasteiger partial charge is 0.493 e. The van der Waals surface area contributed by atoms with E-state index in [0.29, 0.717) is 46.0 Å². The average molecular weight is 555 g/mol. The van der Waals surface area contributed by atoms with Gasteiger partial charge in [0.15, 0.2) is 16.9 Å². The zero-order valence-electron chi connectivity index (χ0n) is 19.0. The number of amides is 1. The second kappa shape index (κ2) is 9.40. The Balaban J connectivity index is 1.59. The molecule has 5 rings (SSSR count). The number of hydrogen-bond donors (Lipinski definition) is 0. The van der Waals surface area contributed by atoms with Crippen molar-refractivity contribution >= 4 is 44.4 Å². The first-order chi connectivity index (χ1) is 16.9. The van der Waals surface area contributed by atoms with E-state index < -0.39 is 6.04 Å². The van der Waals surface area contributed by atoms with Crippen LogP contribution >= 0.6 is 27.5 Å². The number of nitrogens with zero attached hydrogens (tertiary/aromatic N) is 1. The molecule has 0 radical (unpaired) electrons. The first-order valence-electron chi connectivity index (χ1n) is 10.9. The van der Waals surface area contributed by atoms with E-state index in [9.17, 15) is 9.59 Å². The number of carbonyl (C=O) groups is 1. The molecule has 3 aromatic carbocycles. The van der Waals surface area contributed by atoms with Gasteiger partial charge in [0.2, 0.25) is 5.76 Å². The molecule has 4 aromatic rings. The molecule has 0 unspecified atom stereocenters. The third-order valence-corrected chi connectivity index (χ3v) is 6.91. The summed E-state index contributed by atoms with van der Waals surface area (Å²) in [5, 5.41) is 0.941. The summed E-state index contributed by atoms with van der Waals surface area (Å²) in [5.74, 6) is 0.987. The van der Waals surface area contributed by atoms with Gasteiger partial charge < -0.3 is 18.8 Å². The van der Waals surface area contributed by atoms with E-state index in [1.807, 2.05) is 30.3 Å². The Kier molecular flexibility index (Phi) is 6.30. The summed E-state index contributed by atoms with van der Waals surface area (Å²) in [6, 6.07) is 17.4. The van der Waals surface area contributed by atoms with Crippen LogP contribution in [0.1, 0.15) is 33.3 Å². The van der Waals surface area contributed by atoms with Crippen LogP contribution in [0.15, 0.2) is 74.3 Å². The fourth-order valence-corrected chi connectivity index (χ4v) is 5.09. The highest BCUT2D eigenvalue weighted by atomic mass is 79.9. The summed E-state index contributed by atoms with van der Waals surface area (Å²) in [7, 11) is 3.16. The maximum atomic E-state index is 13.6. The minimum atomic E-state index is -0.615. The molecule has 0 saturated carbocycles. The molecule has 0 bridgehead atoms. The predicted molar refractivity (Wildman–Crippen MR) is 138 cm³/mol. The van der Waals surface area contributed by atoms with Gasteiger partial charge in [0.1, 0.15) is 5.58 Å². The standard InChI is InChI=1S/C27H21BrClNO5/c1-33-21-8-6-15(12-22(21)34-2)10-11-30-24(16-4-3-5-18(29)13-16)23-25(31)19-14-17(28)7-9-20(19)35-26(23)27(30)32/h3-9,12-14,24H,10-11H2,1-2H3/t24-/m1/s1. The third-order valence-electron chi connectivity index (χ3n) is 6.18. The van der Waals surface area contributed by atoms with E-state index in [4.69, 9.17) is 25.5 Å². The molecule has 2 heterocycles. The predicted octanol–water partition coefficient (Wildman–Crippen LogP) is 6.01. The monoisotopic (exact) mass is 553 g/mol. The lowest BCUT2D eigenvalue weighted by atomic mass is 9.98. The lowest BCUT2D eigenvalue weighted by Gasteiger charge is -2.25. The number of hydrogen-bond acceptors (Lipinski definition) is 5. The summed E-state index contributed by atoms with van der Waals surface area (Å²) in [6.45, 7) is 0.356. The average Bonchev–Trinajstić information content (AvgIpc) is 3.14. The Morgan fingerprint density at radius 1 is 1.00 bits per heavy atom. The van der Waals surface area contributed by atoms with E-state index in [-0.39, 0.29) is 17.1 Å². The van der Waals surface area contributed by atoms with Gasteiger partial charge in [0.25, 0.3) is 5.91 Å². The fourth-order valence-electron chi connectivity index (χ4n) is 4.53. The number of methoxy groups -OCH3 is 2. The van der Waals surface area contributed by atoms with Gasteiger partial charge in [0.05, 0.1) is 31.2 Å². The number of rotatable bonds is 6. The quantitative estimate of drug-likeness (QED) is 0.292. The Morgan fingerprint density at radius 3 is 2.54 bits per heavy atom. The summed E-state index contributed by atoms with van der Waals surface area (Å²) in [6.07, 6.45) is 0.538. The van der Waals surface area contributed by atoms with Crippen LogP contribution in [0.3, 0.4) is 0 Å². The molecule has 178 valence electrons. The molecule has 0 N–H and O–H groups in total. The van der Waals surface area contributed by atoms with Gasteiger partial charge >= 0.3 is 0 Å². The Labute approximate surface area is 215 Å². The molecule has 0 saturated heterocycles. The minimum Gasteiger partial charge on any atom is -0.493 e. The summed E-state index contributed by atoms with van der Waals surface area (Å²) >= 11 is 9.71. The fraction of sp³-hybridized carbons (Fsp3) is 0.185. The van der Waals surface area contributed by atoms with Gasteiger partial charge in [-0.2, -0.15) is 0 Å². The lowest BCUT2D eigenvalue weighted by molar-refractivity contribution is 0.0730. The zero-order chi connectivity index (χ0) is 24.7. The van der Waals surface area contributed by atoms with Gasteiger partial charge in [-0.25, -0.2) is 0 Å². The van der Waals surface area contributed by atoms with E-state index in [2.05, 4.69) is 15.9 Å². The van der Waals surface area contributed by atoms with Crippen LogP contribution in [-0.4, -0.2) is 31.6 Å². The highest BCUT2D eigenvalue weighted by molar-refractivity contribution is 9.10. The van der Waals surface area contributed by atoms with Crippen LogP contribution in [0.4, 0.5) is 0 Å². The van der Waals surface area contributed by atoms with Gasteiger partial charge in [-0.1, -0.05) is 45.7 Å². The second-order valence-corrected chi connectivity index (χ2v) is 9.56.